The predicted molar refractivity (Wildman–Crippen MR) is 238 cm³/mol. The lowest BCUT2D eigenvalue weighted by atomic mass is 9.67. The highest BCUT2D eigenvalue weighted by atomic mass is 16.3. The molecule has 1 aliphatic carbocycles. The number of para-hydroxylation sites is 1. The van der Waals surface area contributed by atoms with Gasteiger partial charge >= 0.3 is 0 Å². The minimum Gasteiger partial charge on any atom is -0.456 e. The number of furan rings is 2. The lowest BCUT2D eigenvalue weighted by molar-refractivity contribution is 0.665. The summed E-state index contributed by atoms with van der Waals surface area (Å²) in [7, 11) is 0. The van der Waals surface area contributed by atoms with Crippen LogP contribution >= 0.6 is 0 Å². The van der Waals surface area contributed by atoms with Gasteiger partial charge in [0.25, 0.3) is 0 Å². The van der Waals surface area contributed by atoms with Crippen molar-refractivity contribution in [2.24, 2.45) is 0 Å². The first-order valence-corrected chi connectivity index (χ1v) is 19.8. The molecule has 0 fully saturated rings. The molecule has 272 valence electrons. The van der Waals surface area contributed by atoms with Crippen molar-refractivity contribution in [1.82, 2.24) is 0 Å². The summed E-state index contributed by atoms with van der Waals surface area (Å²) in [6.07, 6.45) is 0. The van der Waals surface area contributed by atoms with Gasteiger partial charge in [0.2, 0.25) is 0 Å². The summed E-state index contributed by atoms with van der Waals surface area (Å²) < 4.78 is 13.4. The van der Waals surface area contributed by atoms with Crippen molar-refractivity contribution in [1.29, 1.82) is 0 Å². The average Bonchev–Trinajstić information content (AvgIpc) is 3.95. The van der Waals surface area contributed by atoms with E-state index in [0.29, 0.717) is 0 Å². The Bertz CT molecular complexity index is 3310. The highest BCUT2D eigenvalue weighted by Gasteiger charge is 2.46. The van der Waals surface area contributed by atoms with Crippen molar-refractivity contribution in [3.63, 3.8) is 0 Å². The molecule has 12 rings (SSSR count). The number of hydrogen-bond donors (Lipinski definition) is 0. The van der Waals surface area contributed by atoms with Gasteiger partial charge in [-0.1, -0.05) is 158 Å². The van der Waals surface area contributed by atoms with E-state index in [1.54, 1.807) is 0 Å². The third-order valence-corrected chi connectivity index (χ3v) is 12.1. The van der Waals surface area contributed by atoms with Crippen LogP contribution in [0.3, 0.4) is 0 Å². The van der Waals surface area contributed by atoms with Crippen LogP contribution in [-0.4, -0.2) is 0 Å². The van der Waals surface area contributed by atoms with Crippen LogP contribution in [0.5, 0.6) is 0 Å². The monoisotopic (exact) mass is 741 g/mol. The smallest absolute Gasteiger partial charge is 0.137 e. The van der Waals surface area contributed by atoms with Crippen LogP contribution in [0.25, 0.3) is 66.1 Å². The van der Waals surface area contributed by atoms with Crippen LogP contribution in [0.2, 0.25) is 0 Å². The molecule has 2 heterocycles. The quantitative estimate of drug-likeness (QED) is 0.170. The molecule has 0 amide bonds. The Labute approximate surface area is 335 Å². The van der Waals surface area contributed by atoms with Gasteiger partial charge in [-0.05, 0) is 93.0 Å². The molecular formula is C55H35NO2. The second kappa shape index (κ2) is 12.7. The largest absolute Gasteiger partial charge is 0.456 e. The van der Waals surface area contributed by atoms with E-state index in [1.165, 1.54) is 38.9 Å². The Morgan fingerprint density at radius 1 is 0.345 bits per heavy atom. The van der Waals surface area contributed by atoms with Crippen LogP contribution in [0.1, 0.15) is 22.3 Å². The lowest BCUT2D eigenvalue weighted by Gasteiger charge is -2.33. The standard InChI is InChI=1S/C55H35NO2/c1-3-15-36(16-4-1)37-17-13-20-40(33-37)56(41-30-32-45-44-23-9-12-27-50(44)57-53(45)35-41)49-26-14-28-51-54(49)46-31-29-39(34-52(46)58-51)55(38-18-5-2-6-19-38)47-24-10-7-21-42(47)43-22-8-11-25-48(43)55/h1-35H. The Hall–Kier alpha value is -7.62. The van der Waals surface area contributed by atoms with Gasteiger partial charge in [0.1, 0.15) is 22.3 Å². The van der Waals surface area contributed by atoms with Crippen molar-refractivity contribution >= 4 is 60.9 Å². The van der Waals surface area contributed by atoms with Crippen LogP contribution in [0.4, 0.5) is 17.1 Å². The molecule has 0 N–H and O–H groups in total. The highest BCUT2D eigenvalue weighted by molar-refractivity contribution is 6.14. The number of nitrogens with zero attached hydrogens (tertiary/aromatic N) is 1. The summed E-state index contributed by atoms with van der Waals surface area (Å²) in [4.78, 5) is 2.35. The third-order valence-electron chi connectivity index (χ3n) is 12.1. The number of fused-ring (bicyclic) bond motifs is 9. The lowest BCUT2D eigenvalue weighted by Crippen LogP contribution is -2.28. The SMILES string of the molecule is c1ccc(-c2cccc(N(c3ccc4c(c3)oc3ccccc34)c3cccc4oc5cc(C6(c7ccccc7)c7ccccc7-c7ccccc76)ccc5c34)c2)cc1. The number of rotatable bonds is 6. The van der Waals surface area contributed by atoms with Gasteiger partial charge < -0.3 is 13.7 Å². The molecule has 0 saturated carbocycles. The number of benzene rings is 9. The first kappa shape index (κ1) is 32.6. The molecule has 1 aliphatic rings. The van der Waals surface area contributed by atoms with Gasteiger partial charge in [-0.3, -0.25) is 0 Å². The van der Waals surface area contributed by atoms with Crippen molar-refractivity contribution in [2.75, 3.05) is 4.90 Å². The van der Waals surface area contributed by atoms with Crippen molar-refractivity contribution < 1.29 is 8.83 Å². The maximum atomic E-state index is 6.93. The second-order valence-electron chi connectivity index (χ2n) is 15.2. The van der Waals surface area contributed by atoms with Gasteiger partial charge in [-0.25, -0.2) is 0 Å². The summed E-state index contributed by atoms with van der Waals surface area (Å²) in [5.41, 5.74) is 15.8. The average molecular weight is 742 g/mol. The maximum Gasteiger partial charge on any atom is 0.137 e. The molecule has 0 radical (unpaired) electrons. The molecule has 3 heteroatoms. The normalized spacial score (nSPS) is 13.0. The van der Waals surface area contributed by atoms with E-state index in [9.17, 15) is 0 Å². The highest BCUT2D eigenvalue weighted by Crippen LogP contribution is 2.56. The molecule has 11 aromatic rings. The molecule has 0 aliphatic heterocycles. The molecule has 9 aromatic carbocycles. The van der Waals surface area contributed by atoms with Gasteiger partial charge in [-0.2, -0.15) is 0 Å². The van der Waals surface area contributed by atoms with Gasteiger partial charge in [0, 0.05) is 33.6 Å². The summed E-state index contributed by atoms with van der Waals surface area (Å²) in [5, 5.41) is 4.33. The summed E-state index contributed by atoms with van der Waals surface area (Å²) in [6, 6.07) is 76.1. The van der Waals surface area contributed by atoms with Crippen LogP contribution < -0.4 is 4.90 Å². The molecule has 0 spiro atoms. The summed E-state index contributed by atoms with van der Waals surface area (Å²) in [6.45, 7) is 0. The predicted octanol–water partition coefficient (Wildman–Crippen LogP) is 15.0. The Balaban J connectivity index is 1.10. The molecule has 2 aromatic heterocycles. The van der Waals surface area contributed by atoms with E-state index in [4.69, 9.17) is 8.83 Å². The van der Waals surface area contributed by atoms with Crippen LogP contribution in [0, 0.1) is 0 Å². The molecule has 0 bridgehead atoms. The zero-order chi connectivity index (χ0) is 38.2. The van der Waals surface area contributed by atoms with E-state index in [0.717, 1.165) is 66.5 Å². The Morgan fingerprint density at radius 3 is 1.74 bits per heavy atom. The number of hydrogen-bond acceptors (Lipinski definition) is 3. The Kier molecular flexibility index (Phi) is 7.14. The van der Waals surface area contributed by atoms with E-state index in [-0.39, 0.29) is 0 Å². The minimum absolute atomic E-state index is 0.518. The fourth-order valence-electron chi connectivity index (χ4n) is 9.67. The zero-order valence-corrected chi connectivity index (χ0v) is 31.5. The topological polar surface area (TPSA) is 29.5 Å². The second-order valence-corrected chi connectivity index (χ2v) is 15.2. The van der Waals surface area contributed by atoms with Crippen LogP contribution in [0.15, 0.2) is 221 Å². The minimum atomic E-state index is -0.518. The summed E-state index contributed by atoms with van der Waals surface area (Å²) in [5.74, 6) is 0. The zero-order valence-electron chi connectivity index (χ0n) is 31.5. The molecule has 3 nitrogen and oxygen atoms in total. The van der Waals surface area contributed by atoms with E-state index in [2.05, 4.69) is 205 Å². The first-order valence-electron chi connectivity index (χ1n) is 19.8. The van der Waals surface area contributed by atoms with Crippen molar-refractivity contribution in [3.8, 4) is 22.3 Å². The molecule has 0 atom stereocenters. The fourth-order valence-corrected chi connectivity index (χ4v) is 9.67. The molecular weight excluding hydrogens is 707 g/mol. The number of anilines is 3. The molecule has 0 saturated heterocycles. The van der Waals surface area contributed by atoms with Crippen LogP contribution in [-0.2, 0) is 5.41 Å². The molecule has 0 unspecified atom stereocenters. The van der Waals surface area contributed by atoms with Crippen molar-refractivity contribution in [2.45, 2.75) is 5.41 Å². The molecule has 58 heavy (non-hydrogen) atoms. The van der Waals surface area contributed by atoms with E-state index < -0.39 is 5.41 Å². The van der Waals surface area contributed by atoms with Crippen molar-refractivity contribution in [3.05, 3.63) is 235 Å². The summed E-state index contributed by atoms with van der Waals surface area (Å²) >= 11 is 0. The van der Waals surface area contributed by atoms with Gasteiger partial charge in [-0.15, -0.1) is 0 Å². The maximum absolute atomic E-state index is 6.93. The Morgan fingerprint density at radius 2 is 0.931 bits per heavy atom. The van der Waals surface area contributed by atoms with E-state index >= 15 is 0 Å². The van der Waals surface area contributed by atoms with Gasteiger partial charge in [0.15, 0.2) is 0 Å². The third kappa shape index (κ3) is 4.74. The fraction of sp³-hybridized carbons (Fsp3) is 0.0182. The van der Waals surface area contributed by atoms with E-state index in [1.807, 2.05) is 12.1 Å². The first-order chi connectivity index (χ1) is 28.8. The van der Waals surface area contributed by atoms with Gasteiger partial charge in [0.05, 0.1) is 16.5 Å².